The third-order valence-electron chi connectivity index (χ3n) is 2.19. The van der Waals surface area contributed by atoms with Crippen LogP contribution < -0.4 is 0 Å². The van der Waals surface area contributed by atoms with Crippen molar-refractivity contribution < 1.29 is 9.85 Å². The lowest BCUT2D eigenvalue weighted by Crippen LogP contribution is -1.80. The Hall–Kier alpha value is -1.61. The first-order chi connectivity index (χ1) is 11.0. The lowest BCUT2D eigenvalue weighted by molar-refractivity contribution is -0.380. The number of aromatic nitrogens is 3. The van der Waals surface area contributed by atoms with Gasteiger partial charge in [-0.1, -0.05) is 11.8 Å². The molecule has 0 radical (unpaired) electrons. The number of nitrogens with zero attached hydrogens (tertiary/aromatic N) is 5. The van der Waals surface area contributed by atoms with E-state index in [9.17, 15) is 20.2 Å². The second-order valence-electron chi connectivity index (χ2n) is 3.63. The van der Waals surface area contributed by atoms with Gasteiger partial charge in [0.2, 0.25) is 0 Å². The van der Waals surface area contributed by atoms with E-state index in [2.05, 4.69) is 14.3 Å². The van der Waals surface area contributed by atoms with Crippen LogP contribution in [0.2, 0.25) is 0 Å². The fourth-order valence-corrected chi connectivity index (χ4v) is 5.87. The van der Waals surface area contributed by atoms with E-state index in [0.29, 0.717) is 13.7 Å². The van der Waals surface area contributed by atoms with Crippen molar-refractivity contribution in [1.29, 1.82) is 0 Å². The van der Waals surface area contributed by atoms with Crippen LogP contribution in [-0.2, 0) is 0 Å². The quantitative estimate of drug-likeness (QED) is 0.438. The molecule has 0 aliphatic carbocycles. The van der Waals surface area contributed by atoms with Gasteiger partial charge in [-0.15, -0.1) is 0 Å². The summed E-state index contributed by atoms with van der Waals surface area (Å²) in [6.45, 7) is 0. The molecule has 0 saturated heterocycles. The Morgan fingerprint density at radius 3 is 2.04 bits per heavy atom. The largest absolute Gasteiger partial charge is 0.344 e. The van der Waals surface area contributed by atoms with Gasteiger partial charge in [0.05, 0.1) is 14.7 Å². The van der Waals surface area contributed by atoms with Crippen LogP contribution in [0.15, 0.2) is 36.4 Å². The zero-order valence-corrected chi connectivity index (χ0v) is 14.7. The van der Waals surface area contributed by atoms with Crippen LogP contribution in [0, 0.1) is 20.2 Å². The molecule has 23 heavy (non-hydrogen) atoms. The summed E-state index contributed by atoms with van der Waals surface area (Å²) in [6.07, 6.45) is 2.42. The molecule has 118 valence electrons. The Kier molecular flexibility index (Phi) is 4.86. The molecule has 0 saturated carbocycles. The van der Waals surface area contributed by atoms with Gasteiger partial charge >= 0.3 is 10.0 Å². The Morgan fingerprint density at radius 2 is 1.52 bits per heavy atom. The monoisotopic (exact) mass is 405 g/mol. The van der Waals surface area contributed by atoms with E-state index in [-0.39, 0.29) is 10.0 Å². The molecule has 0 fully saturated rings. The highest BCUT2D eigenvalue weighted by Gasteiger charge is 2.18. The summed E-state index contributed by atoms with van der Waals surface area (Å²) in [4.78, 5) is 29.1. The topological polar surface area (TPSA) is 125 Å². The lowest BCUT2D eigenvalue weighted by Gasteiger charge is -1.96. The van der Waals surface area contributed by atoms with Gasteiger partial charge in [0.25, 0.3) is 0 Å². The third-order valence-corrected chi connectivity index (χ3v) is 7.30. The lowest BCUT2D eigenvalue weighted by atomic mass is 10.8. The summed E-state index contributed by atoms with van der Waals surface area (Å²) in [5.74, 6) is 0. The first-order valence-electron chi connectivity index (χ1n) is 5.53. The van der Waals surface area contributed by atoms with Crippen molar-refractivity contribution in [3.63, 3.8) is 0 Å². The van der Waals surface area contributed by atoms with E-state index in [0.717, 1.165) is 27.6 Å². The van der Waals surface area contributed by atoms with Crippen LogP contribution in [0.3, 0.4) is 0 Å². The van der Waals surface area contributed by atoms with E-state index < -0.39 is 9.85 Å². The summed E-state index contributed by atoms with van der Waals surface area (Å²) >= 11 is 5.65. The second-order valence-corrected chi connectivity index (χ2v) is 8.80. The molecule has 3 heterocycles. The van der Waals surface area contributed by atoms with E-state index in [1.807, 2.05) is 0 Å². The fraction of sp³-hybridized carbons (Fsp3) is 0. The van der Waals surface area contributed by atoms with Crippen LogP contribution in [0.4, 0.5) is 10.0 Å². The van der Waals surface area contributed by atoms with Gasteiger partial charge in [0, 0.05) is 5.38 Å². The standard InChI is InChI=1S/C9H3N5O4S5/c15-13(16)5-1-10-8(21-5)20-4-3-19-12-7(4)23-9-11-2-6(22-9)14(17)18/h1-3H. The van der Waals surface area contributed by atoms with Crippen molar-refractivity contribution in [2.24, 2.45) is 0 Å². The molecule has 0 aliphatic heterocycles. The Labute approximate surface area is 148 Å². The van der Waals surface area contributed by atoms with Crippen LogP contribution in [0.25, 0.3) is 0 Å². The molecule has 0 aliphatic rings. The molecular formula is C9H3N5O4S5. The van der Waals surface area contributed by atoms with Crippen LogP contribution in [-0.4, -0.2) is 24.2 Å². The molecule has 3 rings (SSSR count). The maximum atomic E-state index is 10.7. The maximum absolute atomic E-state index is 10.7. The second kappa shape index (κ2) is 6.88. The van der Waals surface area contributed by atoms with Gasteiger partial charge in [-0.25, -0.2) is 9.97 Å². The molecule has 0 bridgehead atoms. The molecular weight excluding hydrogens is 402 g/mol. The number of hydrogen-bond donors (Lipinski definition) is 0. The maximum Gasteiger partial charge on any atom is 0.344 e. The zero-order valence-electron chi connectivity index (χ0n) is 10.6. The highest BCUT2D eigenvalue weighted by Crippen LogP contribution is 2.42. The SMILES string of the molecule is O=[N+]([O-])c1cnc(Sc2csnc2Sc2ncc([N+](=O)[O-])s2)s1. The van der Waals surface area contributed by atoms with Crippen LogP contribution in [0.5, 0.6) is 0 Å². The Bertz CT molecular complexity index is 804. The van der Waals surface area contributed by atoms with E-state index in [1.165, 1.54) is 47.4 Å². The molecule has 0 spiro atoms. The van der Waals surface area contributed by atoms with Crippen molar-refractivity contribution in [2.75, 3.05) is 0 Å². The smallest absolute Gasteiger partial charge is 0.257 e. The highest BCUT2D eigenvalue weighted by molar-refractivity contribution is 8.04. The molecule has 0 amide bonds. The van der Waals surface area contributed by atoms with E-state index in [4.69, 9.17) is 0 Å². The summed E-state index contributed by atoms with van der Waals surface area (Å²) in [5, 5.41) is 23.7. The van der Waals surface area contributed by atoms with E-state index >= 15 is 0 Å². The minimum atomic E-state index is -0.493. The molecule has 0 atom stereocenters. The summed E-state index contributed by atoms with van der Waals surface area (Å²) in [6, 6.07) is 0. The zero-order chi connectivity index (χ0) is 16.4. The molecule has 9 nitrogen and oxygen atoms in total. The van der Waals surface area contributed by atoms with Gasteiger partial charge in [-0.05, 0) is 46.0 Å². The number of nitro groups is 2. The van der Waals surface area contributed by atoms with Crippen LogP contribution in [0.1, 0.15) is 0 Å². The summed E-state index contributed by atoms with van der Waals surface area (Å²) in [5.41, 5.74) is 0. The van der Waals surface area contributed by atoms with Gasteiger partial charge in [0.1, 0.15) is 17.4 Å². The summed E-state index contributed by atoms with van der Waals surface area (Å²) < 4.78 is 5.27. The molecule has 14 heteroatoms. The molecule has 0 aromatic carbocycles. The van der Waals surface area contributed by atoms with Gasteiger partial charge in [-0.2, -0.15) is 4.37 Å². The van der Waals surface area contributed by atoms with Crippen molar-refractivity contribution >= 4 is 67.7 Å². The van der Waals surface area contributed by atoms with Crippen molar-refractivity contribution in [2.45, 2.75) is 18.6 Å². The van der Waals surface area contributed by atoms with Crippen LogP contribution >= 0.6 is 57.7 Å². The van der Waals surface area contributed by atoms with Crippen molar-refractivity contribution in [1.82, 2.24) is 14.3 Å². The van der Waals surface area contributed by atoms with Crippen molar-refractivity contribution in [3.05, 3.63) is 38.0 Å². The average Bonchev–Trinajstić information content (AvgIpc) is 3.21. The molecule has 3 aromatic rings. The fourth-order valence-electron chi connectivity index (χ4n) is 1.29. The predicted molar refractivity (Wildman–Crippen MR) is 87.9 cm³/mol. The molecule has 0 unspecified atom stereocenters. The highest BCUT2D eigenvalue weighted by atomic mass is 32.2. The van der Waals surface area contributed by atoms with Gasteiger partial charge in [-0.3, -0.25) is 20.2 Å². The average molecular weight is 405 g/mol. The first kappa shape index (κ1) is 16.3. The third kappa shape index (κ3) is 3.84. The Morgan fingerprint density at radius 1 is 0.957 bits per heavy atom. The molecule has 3 aromatic heterocycles. The van der Waals surface area contributed by atoms with Gasteiger partial charge < -0.3 is 0 Å². The number of rotatable bonds is 6. The number of hydrogen-bond acceptors (Lipinski definition) is 12. The normalized spacial score (nSPS) is 10.8. The van der Waals surface area contributed by atoms with E-state index in [1.54, 1.807) is 5.38 Å². The summed E-state index contributed by atoms with van der Waals surface area (Å²) in [7, 11) is 0. The number of thiazole rings is 2. The van der Waals surface area contributed by atoms with Crippen molar-refractivity contribution in [3.8, 4) is 0 Å². The molecule has 0 N–H and O–H groups in total. The minimum absolute atomic E-state index is 0.0274. The predicted octanol–water partition coefficient (Wildman–Crippen LogP) is 4.17. The first-order valence-corrected chi connectivity index (χ1v) is 9.63. The minimum Gasteiger partial charge on any atom is -0.257 e. The van der Waals surface area contributed by atoms with Gasteiger partial charge in [0.15, 0.2) is 8.68 Å². The Balaban J connectivity index is 1.75.